The Morgan fingerprint density at radius 1 is 1.26 bits per heavy atom. The van der Waals surface area contributed by atoms with Gasteiger partial charge in [-0.25, -0.2) is 14.2 Å². The SMILES string of the molecule is Cc1cc(C(=O)NCC2(c3cccc(F)c3)CC2)nc2[nH]c(=O)[nH]c(=O)c12. The number of benzene rings is 1. The number of halogens is 1. The minimum Gasteiger partial charge on any atom is -0.350 e. The number of nitrogens with one attached hydrogen (secondary N) is 3. The molecular weight excluding hydrogens is 351 g/mol. The van der Waals surface area contributed by atoms with E-state index in [-0.39, 0.29) is 28.0 Å². The van der Waals surface area contributed by atoms with E-state index in [0.717, 1.165) is 18.4 Å². The number of amides is 1. The van der Waals surface area contributed by atoms with E-state index >= 15 is 0 Å². The lowest BCUT2D eigenvalue weighted by molar-refractivity contribution is 0.0945. The second kappa shape index (κ2) is 6.15. The number of pyridine rings is 1. The van der Waals surface area contributed by atoms with Crippen LogP contribution in [0.15, 0.2) is 39.9 Å². The largest absolute Gasteiger partial charge is 0.350 e. The summed E-state index contributed by atoms with van der Waals surface area (Å²) >= 11 is 0. The van der Waals surface area contributed by atoms with Crippen LogP contribution in [-0.4, -0.2) is 27.4 Å². The molecule has 8 heteroatoms. The summed E-state index contributed by atoms with van der Waals surface area (Å²) in [6.07, 6.45) is 1.73. The van der Waals surface area contributed by atoms with E-state index in [0.29, 0.717) is 12.1 Å². The summed E-state index contributed by atoms with van der Waals surface area (Å²) in [5.74, 6) is -0.713. The highest BCUT2D eigenvalue weighted by molar-refractivity contribution is 5.95. The molecule has 1 amide bonds. The lowest BCUT2D eigenvalue weighted by atomic mass is 9.96. The molecule has 0 unspecified atom stereocenters. The number of aromatic nitrogens is 3. The van der Waals surface area contributed by atoms with Crippen molar-refractivity contribution in [2.45, 2.75) is 25.2 Å². The number of nitrogens with zero attached hydrogens (tertiary/aromatic N) is 1. The maximum atomic E-state index is 13.5. The first-order valence-corrected chi connectivity index (χ1v) is 8.56. The van der Waals surface area contributed by atoms with Crippen molar-refractivity contribution in [2.75, 3.05) is 6.54 Å². The predicted octanol–water partition coefficient (Wildman–Crippen LogP) is 1.52. The lowest BCUT2D eigenvalue weighted by Crippen LogP contribution is -2.33. The number of H-pyrrole nitrogens is 2. The van der Waals surface area contributed by atoms with Crippen LogP contribution in [0.4, 0.5) is 4.39 Å². The van der Waals surface area contributed by atoms with Crippen molar-refractivity contribution in [3.05, 3.63) is 73.8 Å². The van der Waals surface area contributed by atoms with E-state index < -0.39 is 17.2 Å². The highest BCUT2D eigenvalue weighted by Gasteiger charge is 2.44. The van der Waals surface area contributed by atoms with Gasteiger partial charge >= 0.3 is 5.69 Å². The van der Waals surface area contributed by atoms with Crippen molar-refractivity contribution in [3.63, 3.8) is 0 Å². The average Bonchev–Trinajstić information content (AvgIpc) is 3.40. The van der Waals surface area contributed by atoms with Crippen LogP contribution in [0.2, 0.25) is 0 Å². The number of aromatic amines is 2. The smallest absolute Gasteiger partial charge is 0.327 e. The van der Waals surface area contributed by atoms with Crippen LogP contribution in [-0.2, 0) is 5.41 Å². The number of carbonyl (C=O) groups excluding carboxylic acids is 1. The Labute approximate surface area is 152 Å². The van der Waals surface area contributed by atoms with Gasteiger partial charge in [-0.15, -0.1) is 0 Å². The van der Waals surface area contributed by atoms with Crippen LogP contribution >= 0.6 is 0 Å². The monoisotopic (exact) mass is 368 g/mol. The third-order valence-corrected chi connectivity index (χ3v) is 5.01. The molecule has 1 saturated carbocycles. The fourth-order valence-corrected chi connectivity index (χ4v) is 3.35. The molecule has 3 N–H and O–H groups in total. The zero-order chi connectivity index (χ0) is 19.2. The molecule has 1 fully saturated rings. The molecule has 1 aliphatic rings. The summed E-state index contributed by atoms with van der Waals surface area (Å²) in [5.41, 5.74) is 0.0928. The van der Waals surface area contributed by atoms with Gasteiger partial charge in [0.25, 0.3) is 11.5 Å². The van der Waals surface area contributed by atoms with Crippen molar-refractivity contribution in [1.29, 1.82) is 0 Å². The molecule has 2 aromatic heterocycles. The van der Waals surface area contributed by atoms with Gasteiger partial charge in [-0.3, -0.25) is 19.6 Å². The lowest BCUT2D eigenvalue weighted by Gasteiger charge is -2.16. The van der Waals surface area contributed by atoms with Gasteiger partial charge in [0.15, 0.2) is 0 Å². The molecule has 0 spiro atoms. The maximum Gasteiger partial charge on any atom is 0.327 e. The van der Waals surface area contributed by atoms with Gasteiger partial charge < -0.3 is 5.32 Å². The fraction of sp³-hybridized carbons (Fsp3) is 0.263. The van der Waals surface area contributed by atoms with Crippen LogP contribution in [0.25, 0.3) is 11.0 Å². The van der Waals surface area contributed by atoms with Gasteiger partial charge in [0.2, 0.25) is 0 Å². The van der Waals surface area contributed by atoms with Gasteiger partial charge in [-0.2, -0.15) is 0 Å². The molecule has 27 heavy (non-hydrogen) atoms. The van der Waals surface area contributed by atoms with Crippen molar-refractivity contribution in [3.8, 4) is 0 Å². The number of fused-ring (bicyclic) bond motifs is 1. The molecule has 1 aliphatic carbocycles. The van der Waals surface area contributed by atoms with Gasteiger partial charge in [0.1, 0.15) is 17.2 Å². The van der Waals surface area contributed by atoms with Crippen LogP contribution in [0, 0.1) is 12.7 Å². The van der Waals surface area contributed by atoms with Crippen LogP contribution < -0.4 is 16.6 Å². The maximum absolute atomic E-state index is 13.5. The molecule has 7 nitrogen and oxygen atoms in total. The van der Waals surface area contributed by atoms with E-state index in [9.17, 15) is 18.8 Å². The first-order valence-electron chi connectivity index (χ1n) is 8.56. The first-order chi connectivity index (χ1) is 12.9. The quantitative estimate of drug-likeness (QED) is 0.649. The number of hydrogen-bond acceptors (Lipinski definition) is 4. The molecule has 0 bridgehead atoms. The molecule has 2 heterocycles. The first kappa shape index (κ1) is 17.1. The zero-order valence-electron chi connectivity index (χ0n) is 14.6. The van der Waals surface area contributed by atoms with Crippen molar-refractivity contribution in [2.24, 2.45) is 0 Å². The van der Waals surface area contributed by atoms with Crippen LogP contribution in [0.3, 0.4) is 0 Å². The van der Waals surface area contributed by atoms with Crippen molar-refractivity contribution < 1.29 is 9.18 Å². The Morgan fingerprint density at radius 2 is 2.04 bits per heavy atom. The standard InChI is InChI=1S/C19H17FN4O3/c1-10-7-13(22-15-14(10)17(26)24-18(27)23-15)16(25)21-9-19(5-6-19)11-3-2-4-12(20)8-11/h2-4,7-8H,5-6,9H2,1H3,(H,21,25)(H2,22,23,24,26,27). The molecular formula is C19H17FN4O3. The molecule has 0 saturated heterocycles. The number of hydrogen-bond donors (Lipinski definition) is 3. The van der Waals surface area contributed by atoms with Crippen molar-refractivity contribution in [1.82, 2.24) is 20.3 Å². The van der Waals surface area contributed by atoms with Gasteiger partial charge in [-0.1, -0.05) is 12.1 Å². The van der Waals surface area contributed by atoms with E-state index in [1.54, 1.807) is 13.0 Å². The molecule has 1 aromatic carbocycles. The van der Waals surface area contributed by atoms with Crippen molar-refractivity contribution >= 4 is 16.9 Å². The normalized spacial score (nSPS) is 14.9. The van der Waals surface area contributed by atoms with Gasteiger partial charge in [0, 0.05) is 12.0 Å². The molecule has 0 aliphatic heterocycles. The van der Waals surface area contributed by atoms with E-state index in [1.165, 1.54) is 18.2 Å². The highest BCUT2D eigenvalue weighted by atomic mass is 19.1. The summed E-state index contributed by atoms with van der Waals surface area (Å²) in [4.78, 5) is 44.6. The van der Waals surface area contributed by atoms with Gasteiger partial charge in [-0.05, 0) is 49.1 Å². The van der Waals surface area contributed by atoms with Gasteiger partial charge in [0.05, 0.1) is 5.39 Å². The number of carbonyl (C=O) groups is 1. The zero-order valence-corrected chi connectivity index (χ0v) is 14.6. The second-order valence-electron chi connectivity index (χ2n) is 6.93. The van der Waals surface area contributed by atoms with Crippen LogP contribution in [0.5, 0.6) is 0 Å². The molecule has 0 radical (unpaired) electrons. The minimum atomic E-state index is -0.681. The number of aryl methyl sites for hydroxylation is 1. The molecule has 3 aromatic rings. The van der Waals surface area contributed by atoms with E-state index in [1.807, 2.05) is 6.07 Å². The number of rotatable bonds is 4. The highest BCUT2D eigenvalue weighted by Crippen LogP contribution is 2.47. The molecule has 138 valence electrons. The fourth-order valence-electron chi connectivity index (χ4n) is 3.35. The Kier molecular flexibility index (Phi) is 3.91. The summed E-state index contributed by atoms with van der Waals surface area (Å²) in [5, 5.41) is 3.08. The third-order valence-electron chi connectivity index (χ3n) is 5.01. The Bertz CT molecular complexity index is 1180. The summed E-state index contributed by atoms with van der Waals surface area (Å²) in [6, 6.07) is 7.91. The van der Waals surface area contributed by atoms with E-state index in [4.69, 9.17) is 0 Å². The molecule has 0 atom stereocenters. The summed E-state index contributed by atoms with van der Waals surface area (Å²) in [6.45, 7) is 2.03. The second-order valence-corrected chi connectivity index (χ2v) is 6.93. The summed E-state index contributed by atoms with van der Waals surface area (Å²) < 4.78 is 13.5. The topological polar surface area (TPSA) is 108 Å². The Morgan fingerprint density at radius 3 is 2.74 bits per heavy atom. The molecule has 4 rings (SSSR count). The predicted molar refractivity (Wildman–Crippen MR) is 97.4 cm³/mol. The summed E-state index contributed by atoms with van der Waals surface area (Å²) in [7, 11) is 0. The average molecular weight is 368 g/mol. The minimum absolute atomic E-state index is 0.0696. The third kappa shape index (κ3) is 3.14. The van der Waals surface area contributed by atoms with Crippen LogP contribution in [0.1, 0.15) is 34.5 Å². The van der Waals surface area contributed by atoms with E-state index in [2.05, 4.69) is 20.3 Å². The Hall–Kier alpha value is -3.29. The Balaban J connectivity index is 1.59.